The Morgan fingerprint density at radius 3 is 2.71 bits per heavy atom. The van der Waals surface area contributed by atoms with Crippen LogP contribution in [0.4, 0.5) is 5.69 Å². The lowest BCUT2D eigenvalue weighted by Gasteiger charge is -2.23. The van der Waals surface area contributed by atoms with E-state index in [0.717, 1.165) is 40.7 Å². The van der Waals surface area contributed by atoms with Gasteiger partial charge >= 0.3 is 0 Å². The van der Waals surface area contributed by atoms with Crippen LogP contribution < -0.4 is 10.1 Å². The summed E-state index contributed by atoms with van der Waals surface area (Å²) in [5, 5.41) is 5.25. The molecule has 0 aliphatic rings. The molecule has 2 aromatic carbocycles. The third-order valence-electron chi connectivity index (χ3n) is 5.13. The van der Waals surface area contributed by atoms with E-state index >= 15 is 0 Å². The van der Waals surface area contributed by atoms with Crippen molar-refractivity contribution in [1.29, 1.82) is 0 Å². The third kappa shape index (κ3) is 6.49. The SMILES string of the molecule is COc1cc(NC(C)CCCN(Cc2ccc(Cl)cc2)C(=O)CCl)c2ncccc2c1. The van der Waals surface area contributed by atoms with Crippen molar-refractivity contribution in [2.75, 3.05) is 24.9 Å². The molecule has 0 bridgehead atoms. The van der Waals surface area contributed by atoms with Crippen LogP contribution in [-0.4, -0.2) is 41.4 Å². The fourth-order valence-corrected chi connectivity index (χ4v) is 3.80. The molecule has 1 atom stereocenters. The maximum Gasteiger partial charge on any atom is 0.237 e. The number of pyridine rings is 1. The van der Waals surface area contributed by atoms with Crippen LogP contribution in [0.2, 0.25) is 5.02 Å². The van der Waals surface area contributed by atoms with Crippen molar-refractivity contribution in [3.8, 4) is 5.75 Å². The number of carbonyl (C=O) groups excluding carboxylic acids is 1. The number of ether oxygens (including phenoxy) is 1. The fraction of sp³-hybridized carbons (Fsp3) is 0.333. The number of carbonyl (C=O) groups is 1. The summed E-state index contributed by atoms with van der Waals surface area (Å²) in [5.41, 5.74) is 2.89. The number of rotatable bonds is 10. The van der Waals surface area contributed by atoms with Gasteiger partial charge in [0.05, 0.1) is 18.3 Å². The summed E-state index contributed by atoms with van der Waals surface area (Å²) in [6.07, 6.45) is 3.52. The molecule has 0 saturated heterocycles. The summed E-state index contributed by atoms with van der Waals surface area (Å²) < 4.78 is 5.43. The zero-order valence-electron chi connectivity index (χ0n) is 17.8. The average Bonchev–Trinajstić information content (AvgIpc) is 2.79. The van der Waals surface area contributed by atoms with E-state index in [1.807, 2.05) is 48.5 Å². The van der Waals surface area contributed by atoms with Crippen molar-refractivity contribution in [2.45, 2.75) is 32.4 Å². The standard InChI is InChI=1S/C24H27Cl2N3O2/c1-17(28-22-14-21(31-2)13-19-6-3-11-27-24(19)22)5-4-12-29(23(30)15-25)16-18-7-9-20(26)10-8-18/h3,6-11,13-14,17,28H,4-5,12,15-16H2,1-2H3. The Hall–Kier alpha value is -2.50. The summed E-state index contributed by atoms with van der Waals surface area (Å²) in [6.45, 7) is 3.29. The Labute approximate surface area is 193 Å². The first-order valence-corrected chi connectivity index (χ1v) is 11.2. The smallest absolute Gasteiger partial charge is 0.237 e. The van der Waals surface area contributed by atoms with Crippen LogP contribution in [0.15, 0.2) is 54.7 Å². The molecule has 0 fully saturated rings. The number of benzene rings is 2. The van der Waals surface area contributed by atoms with E-state index in [1.54, 1.807) is 18.2 Å². The molecule has 7 heteroatoms. The van der Waals surface area contributed by atoms with E-state index in [4.69, 9.17) is 27.9 Å². The highest BCUT2D eigenvalue weighted by atomic mass is 35.5. The molecular formula is C24H27Cl2N3O2. The van der Waals surface area contributed by atoms with Crippen molar-refractivity contribution in [3.05, 3.63) is 65.3 Å². The molecule has 31 heavy (non-hydrogen) atoms. The molecule has 5 nitrogen and oxygen atoms in total. The van der Waals surface area contributed by atoms with Gasteiger partial charge in [-0.3, -0.25) is 9.78 Å². The van der Waals surface area contributed by atoms with Gasteiger partial charge in [0.1, 0.15) is 11.6 Å². The molecular weight excluding hydrogens is 433 g/mol. The zero-order valence-corrected chi connectivity index (χ0v) is 19.3. The van der Waals surface area contributed by atoms with E-state index in [2.05, 4.69) is 17.2 Å². The second-order valence-electron chi connectivity index (χ2n) is 7.51. The van der Waals surface area contributed by atoms with E-state index in [1.165, 1.54) is 0 Å². The Bertz CT molecular complexity index is 1010. The number of aromatic nitrogens is 1. The number of alkyl halides is 1. The van der Waals surface area contributed by atoms with Gasteiger partial charge in [-0.15, -0.1) is 11.6 Å². The molecule has 1 unspecified atom stereocenters. The van der Waals surface area contributed by atoms with Crippen LogP contribution >= 0.6 is 23.2 Å². The highest BCUT2D eigenvalue weighted by molar-refractivity contribution is 6.30. The van der Waals surface area contributed by atoms with Gasteiger partial charge in [0.2, 0.25) is 5.91 Å². The fourth-order valence-electron chi connectivity index (χ4n) is 3.51. The minimum Gasteiger partial charge on any atom is -0.497 e. The average molecular weight is 460 g/mol. The quantitative estimate of drug-likeness (QED) is 0.392. The largest absolute Gasteiger partial charge is 0.497 e. The number of halogens is 2. The third-order valence-corrected chi connectivity index (χ3v) is 5.62. The van der Waals surface area contributed by atoms with Gasteiger partial charge in [-0.2, -0.15) is 0 Å². The molecule has 3 rings (SSSR count). The Morgan fingerprint density at radius 2 is 2.00 bits per heavy atom. The lowest BCUT2D eigenvalue weighted by Crippen LogP contribution is -2.33. The summed E-state index contributed by atoms with van der Waals surface area (Å²) in [4.78, 5) is 18.6. The topological polar surface area (TPSA) is 54.5 Å². The Morgan fingerprint density at radius 1 is 1.23 bits per heavy atom. The Balaban J connectivity index is 1.60. The van der Waals surface area contributed by atoms with Crippen molar-refractivity contribution in [2.24, 2.45) is 0 Å². The maximum atomic E-state index is 12.3. The second kappa shape index (κ2) is 11.2. The van der Waals surface area contributed by atoms with E-state index in [0.29, 0.717) is 18.1 Å². The molecule has 0 spiro atoms. The van der Waals surface area contributed by atoms with Gasteiger partial charge in [-0.05, 0) is 49.6 Å². The van der Waals surface area contributed by atoms with Crippen LogP contribution in [0.25, 0.3) is 10.9 Å². The van der Waals surface area contributed by atoms with E-state index in [-0.39, 0.29) is 17.8 Å². The number of nitrogens with zero attached hydrogens (tertiary/aromatic N) is 2. The molecule has 164 valence electrons. The molecule has 1 N–H and O–H groups in total. The lowest BCUT2D eigenvalue weighted by molar-refractivity contribution is -0.129. The number of hydrogen-bond donors (Lipinski definition) is 1. The van der Waals surface area contributed by atoms with Crippen LogP contribution in [-0.2, 0) is 11.3 Å². The summed E-state index contributed by atoms with van der Waals surface area (Å²) >= 11 is 11.8. The molecule has 1 aromatic heterocycles. The van der Waals surface area contributed by atoms with Crippen molar-refractivity contribution in [1.82, 2.24) is 9.88 Å². The first-order valence-electron chi connectivity index (χ1n) is 10.3. The maximum absolute atomic E-state index is 12.3. The second-order valence-corrected chi connectivity index (χ2v) is 8.22. The molecule has 0 saturated carbocycles. The monoisotopic (exact) mass is 459 g/mol. The predicted octanol–water partition coefficient (Wildman–Crippen LogP) is 5.75. The number of hydrogen-bond acceptors (Lipinski definition) is 4. The molecule has 1 amide bonds. The lowest BCUT2D eigenvalue weighted by atomic mass is 10.1. The highest BCUT2D eigenvalue weighted by Gasteiger charge is 2.14. The normalized spacial score (nSPS) is 11.9. The molecule has 0 aliphatic carbocycles. The van der Waals surface area contributed by atoms with Crippen LogP contribution in [0, 0.1) is 0 Å². The minimum atomic E-state index is -0.0692. The Kier molecular flexibility index (Phi) is 8.38. The van der Waals surface area contributed by atoms with Crippen molar-refractivity contribution < 1.29 is 9.53 Å². The number of anilines is 1. The van der Waals surface area contributed by atoms with Gasteiger partial charge in [-0.25, -0.2) is 0 Å². The van der Waals surface area contributed by atoms with Crippen LogP contribution in [0.1, 0.15) is 25.3 Å². The van der Waals surface area contributed by atoms with Crippen LogP contribution in [0.5, 0.6) is 5.75 Å². The van der Waals surface area contributed by atoms with Crippen LogP contribution in [0.3, 0.4) is 0 Å². The molecule has 0 radical (unpaired) electrons. The van der Waals surface area contributed by atoms with E-state index < -0.39 is 0 Å². The number of amides is 1. The molecule has 0 aliphatic heterocycles. The van der Waals surface area contributed by atoms with E-state index in [9.17, 15) is 4.79 Å². The van der Waals surface area contributed by atoms with Gasteiger partial charge in [-0.1, -0.05) is 29.8 Å². The zero-order chi connectivity index (χ0) is 22.2. The first-order chi connectivity index (χ1) is 15.0. The van der Waals surface area contributed by atoms with Gasteiger partial charge < -0.3 is 15.0 Å². The summed E-state index contributed by atoms with van der Waals surface area (Å²) in [5.74, 6) is 0.695. The molecule has 3 aromatic rings. The van der Waals surface area contributed by atoms with Gasteiger partial charge in [0, 0.05) is 41.8 Å². The summed E-state index contributed by atoms with van der Waals surface area (Å²) in [6, 6.07) is 15.6. The number of nitrogens with one attached hydrogen (secondary N) is 1. The van der Waals surface area contributed by atoms with Crippen molar-refractivity contribution in [3.63, 3.8) is 0 Å². The molecule has 1 heterocycles. The predicted molar refractivity (Wildman–Crippen MR) is 128 cm³/mol. The van der Waals surface area contributed by atoms with Gasteiger partial charge in [0.15, 0.2) is 0 Å². The van der Waals surface area contributed by atoms with Crippen molar-refractivity contribution >= 4 is 45.7 Å². The first kappa shape index (κ1) is 23.2. The highest BCUT2D eigenvalue weighted by Crippen LogP contribution is 2.28. The minimum absolute atomic E-state index is 0.0249. The number of methoxy groups -OCH3 is 1. The van der Waals surface area contributed by atoms with Gasteiger partial charge in [0.25, 0.3) is 0 Å². The number of fused-ring (bicyclic) bond motifs is 1. The summed E-state index contributed by atoms with van der Waals surface area (Å²) in [7, 11) is 1.66.